The van der Waals surface area contributed by atoms with Crippen LogP contribution in [0.3, 0.4) is 0 Å². The Bertz CT molecular complexity index is 385. The molecule has 0 aliphatic heterocycles. The van der Waals surface area contributed by atoms with Gasteiger partial charge in [-0.05, 0) is 24.6 Å². The van der Waals surface area contributed by atoms with Gasteiger partial charge < -0.3 is 5.32 Å². The Balaban J connectivity index is 2.34. The molecular formula is C12H15F2NOS. The molecule has 0 heterocycles. The second-order valence-corrected chi connectivity index (χ2v) is 4.62. The molecule has 0 fully saturated rings. The lowest BCUT2D eigenvalue weighted by molar-refractivity contribution is -0.118. The van der Waals surface area contributed by atoms with Crippen molar-refractivity contribution in [1.82, 2.24) is 5.32 Å². The van der Waals surface area contributed by atoms with Crippen LogP contribution in [0.25, 0.3) is 0 Å². The minimum Gasteiger partial charge on any atom is -0.355 e. The Kier molecular flexibility index (Phi) is 5.97. The van der Waals surface area contributed by atoms with Crippen LogP contribution >= 0.6 is 11.8 Å². The molecule has 0 aromatic heterocycles. The van der Waals surface area contributed by atoms with Crippen LogP contribution in [-0.4, -0.2) is 18.2 Å². The van der Waals surface area contributed by atoms with Crippen LogP contribution in [0.2, 0.25) is 0 Å². The largest absolute Gasteiger partial charge is 0.355 e. The molecule has 1 aromatic rings. The van der Waals surface area contributed by atoms with E-state index in [0.29, 0.717) is 11.4 Å². The molecule has 0 saturated heterocycles. The monoisotopic (exact) mass is 259 g/mol. The van der Waals surface area contributed by atoms with Gasteiger partial charge in [-0.3, -0.25) is 4.79 Å². The van der Waals surface area contributed by atoms with Crippen LogP contribution in [0.5, 0.6) is 0 Å². The van der Waals surface area contributed by atoms with Gasteiger partial charge in [-0.15, -0.1) is 11.8 Å². The third-order valence-corrected chi connectivity index (χ3v) is 3.11. The first-order chi connectivity index (χ1) is 8.13. The van der Waals surface area contributed by atoms with Crippen molar-refractivity contribution in [2.24, 2.45) is 0 Å². The molecule has 1 N–H and O–H groups in total. The molecular weight excluding hydrogens is 244 g/mol. The lowest BCUT2D eigenvalue weighted by Gasteiger charge is -2.04. The number of rotatable bonds is 6. The van der Waals surface area contributed by atoms with E-state index in [1.54, 1.807) is 0 Å². The molecule has 0 aliphatic rings. The number of unbranched alkanes of at least 4 members (excludes halogenated alkanes) is 1. The highest BCUT2D eigenvalue weighted by Gasteiger charge is 2.05. The average Bonchev–Trinajstić information content (AvgIpc) is 2.31. The summed E-state index contributed by atoms with van der Waals surface area (Å²) in [6.07, 6.45) is 1.97. The fourth-order valence-electron chi connectivity index (χ4n) is 1.17. The molecule has 5 heteroatoms. The van der Waals surface area contributed by atoms with Crippen LogP contribution in [0.15, 0.2) is 23.1 Å². The maximum Gasteiger partial charge on any atom is 0.230 e. The molecule has 94 valence electrons. The number of nitrogens with one attached hydrogen (secondary N) is 1. The molecule has 2 nitrogen and oxygen atoms in total. The maximum absolute atomic E-state index is 12.9. The number of carbonyl (C=O) groups is 1. The highest BCUT2D eigenvalue weighted by Crippen LogP contribution is 2.19. The predicted octanol–water partition coefficient (Wildman–Crippen LogP) is 2.97. The standard InChI is InChI=1S/C12H15F2NOS/c1-2-3-6-15-12(16)8-17-9-4-5-10(13)11(14)7-9/h4-5,7H,2-3,6,8H2,1H3,(H,15,16). The second-order valence-electron chi connectivity index (χ2n) is 3.57. The van der Waals surface area contributed by atoms with E-state index in [0.717, 1.165) is 25.0 Å². The normalized spacial score (nSPS) is 10.3. The van der Waals surface area contributed by atoms with Gasteiger partial charge in [-0.2, -0.15) is 0 Å². The zero-order valence-corrected chi connectivity index (χ0v) is 10.4. The molecule has 0 spiro atoms. The molecule has 1 amide bonds. The highest BCUT2D eigenvalue weighted by molar-refractivity contribution is 8.00. The summed E-state index contributed by atoms with van der Waals surface area (Å²) in [5, 5.41) is 2.75. The second kappa shape index (κ2) is 7.27. The molecule has 0 radical (unpaired) electrons. The summed E-state index contributed by atoms with van der Waals surface area (Å²) in [6.45, 7) is 2.70. The van der Waals surface area contributed by atoms with Crippen molar-refractivity contribution >= 4 is 17.7 Å². The number of hydrogen-bond donors (Lipinski definition) is 1. The SMILES string of the molecule is CCCCNC(=O)CSc1ccc(F)c(F)c1. The third kappa shape index (κ3) is 5.17. The first-order valence-electron chi connectivity index (χ1n) is 5.48. The van der Waals surface area contributed by atoms with Crippen molar-refractivity contribution in [3.8, 4) is 0 Å². The van der Waals surface area contributed by atoms with Crippen molar-refractivity contribution in [2.75, 3.05) is 12.3 Å². The van der Waals surface area contributed by atoms with Crippen LogP contribution < -0.4 is 5.32 Å². The van der Waals surface area contributed by atoms with Gasteiger partial charge in [0.15, 0.2) is 11.6 Å². The van der Waals surface area contributed by atoms with E-state index >= 15 is 0 Å². The van der Waals surface area contributed by atoms with E-state index < -0.39 is 11.6 Å². The predicted molar refractivity (Wildman–Crippen MR) is 65.0 cm³/mol. The van der Waals surface area contributed by atoms with Gasteiger partial charge in [0.05, 0.1) is 5.75 Å². The van der Waals surface area contributed by atoms with Gasteiger partial charge in [0.2, 0.25) is 5.91 Å². The molecule has 1 aromatic carbocycles. The molecule has 1 rings (SSSR count). The summed E-state index contributed by atoms with van der Waals surface area (Å²) in [7, 11) is 0. The summed E-state index contributed by atoms with van der Waals surface area (Å²) in [5.74, 6) is -1.63. The fraction of sp³-hybridized carbons (Fsp3) is 0.417. The molecule has 0 bridgehead atoms. The van der Waals surface area contributed by atoms with E-state index in [-0.39, 0.29) is 11.7 Å². The topological polar surface area (TPSA) is 29.1 Å². The fourth-order valence-corrected chi connectivity index (χ4v) is 1.92. The Morgan fingerprint density at radius 2 is 2.12 bits per heavy atom. The summed E-state index contributed by atoms with van der Waals surface area (Å²) in [5.41, 5.74) is 0. The lowest BCUT2D eigenvalue weighted by atomic mass is 10.3. The summed E-state index contributed by atoms with van der Waals surface area (Å²) >= 11 is 1.19. The Hall–Kier alpha value is -1.10. The van der Waals surface area contributed by atoms with E-state index in [1.165, 1.54) is 17.8 Å². The van der Waals surface area contributed by atoms with Gasteiger partial charge in [-0.1, -0.05) is 13.3 Å². The summed E-state index contributed by atoms with van der Waals surface area (Å²) < 4.78 is 25.5. The van der Waals surface area contributed by atoms with Crippen molar-refractivity contribution in [1.29, 1.82) is 0 Å². The number of amides is 1. The Morgan fingerprint density at radius 3 is 2.76 bits per heavy atom. The van der Waals surface area contributed by atoms with Crippen molar-refractivity contribution in [3.05, 3.63) is 29.8 Å². The third-order valence-electron chi connectivity index (χ3n) is 2.11. The Labute approximate surface area is 104 Å². The molecule has 0 saturated carbocycles. The van der Waals surface area contributed by atoms with E-state index in [9.17, 15) is 13.6 Å². The molecule has 17 heavy (non-hydrogen) atoms. The van der Waals surface area contributed by atoms with Crippen LogP contribution in [0, 0.1) is 11.6 Å². The van der Waals surface area contributed by atoms with Crippen molar-refractivity contribution < 1.29 is 13.6 Å². The smallest absolute Gasteiger partial charge is 0.230 e. The van der Waals surface area contributed by atoms with Gasteiger partial charge in [0.1, 0.15) is 0 Å². The highest BCUT2D eigenvalue weighted by atomic mass is 32.2. The zero-order chi connectivity index (χ0) is 12.7. The minimum atomic E-state index is -0.888. The van der Waals surface area contributed by atoms with Crippen molar-refractivity contribution in [2.45, 2.75) is 24.7 Å². The van der Waals surface area contributed by atoms with E-state index in [4.69, 9.17) is 0 Å². The maximum atomic E-state index is 12.9. The Morgan fingerprint density at radius 1 is 1.35 bits per heavy atom. The first-order valence-corrected chi connectivity index (χ1v) is 6.46. The molecule has 0 aliphatic carbocycles. The van der Waals surface area contributed by atoms with Gasteiger partial charge >= 0.3 is 0 Å². The molecule has 0 unspecified atom stereocenters. The summed E-state index contributed by atoms with van der Waals surface area (Å²) in [4.78, 5) is 11.9. The summed E-state index contributed by atoms with van der Waals surface area (Å²) in [6, 6.07) is 3.62. The quantitative estimate of drug-likeness (QED) is 0.628. The zero-order valence-electron chi connectivity index (χ0n) is 9.63. The van der Waals surface area contributed by atoms with Gasteiger partial charge in [0.25, 0.3) is 0 Å². The van der Waals surface area contributed by atoms with Crippen LogP contribution in [0.1, 0.15) is 19.8 Å². The van der Waals surface area contributed by atoms with Crippen LogP contribution in [-0.2, 0) is 4.79 Å². The molecule has 0 atom stereocenters. The number of hydrogen-bond acceptors (Lipinski definition) is 2. The average molecular weight is 259 g/mol. The van der Waals surface area contributed by atoms with Gasteiger partial charge in [-0.25, -0.2) is 8.78 Å². The number of benzene rings is 1. The minimum absolute atomic E-state index is 0.0896. The van der Waals surface area contributed by atoms with E-state index in [1.807, 2.05) is 6.92 Å². The van der Waals surface area contributed by atoms with Crippen molar-refractivity contribution in [3.63, 3.8) is 0 Å². The van der Waals surface area contributed by atoms with Gasteiger partial charge in [0, 0.05) is 11.4 Å². The number of thioether (sulfide) groups is 1. The van der Waals surface area contributed by atoms with E-state index in [2.05, 4.69) is 5.32 Å². The van der Waals surface area contributed by atoms with Crippen LogP contribution in [0.4, 0.5) is 8.78 Å². The number of carbonyl (C=O) groups excluding carboxylic acids is 1. The number of halogens is 2. The first kappa shape index (κ1) is 14.0. The lowest BCUT2D eigenvalue weighted by Crippen LogP contribution is -2.25.